The average molecular weight is 302 g/mol. The molecule has 0 bridgehead atoms. The molecule has 1 aliphatic heterocycles. The maximum Gasteiger partial charge on any atom is 0.328 e. The van der Waals surface area contributed by atoms with Gasteiger partial charge in [0.05, 0.1) is 25.3 Å². The van der Waals surface area contributed by atoms with E-state index in [0.29, 0.717) is 0 Å². The van der Waals surface area contributed by atoms with Gasteiger partial charge in [-0.25, -0.2) is 4.79 Å². The van der Waals surface area contributed by atoms with Crippen molar-refractivity contribution < 1.29 is 24.8 Å². The van der Waals surface area contributed by atoms with Gasteiger partial charge < -0.3 is 24.8 Å². The quantitative estimate of drug-likeness (QED) is 0.466. The summed E-state index contributed by atoms with van der Waals surface area (Å²) in [5.41, 5.74) is -1.30. The molecule has 1 saturated heterocycles. The molecule has 0 saturated carbocycles. The highest BCUT2D eigenvalue weighted by atomic mass is 16.6. The maximum atomic E-state index is 11.9. The molecule has 2 heterocycles. The third kappa shape index (κ3) is 3.06. The van der Waals surface area contributed by atoms with Crippen molar-refractivity contribution in [2.75, 3.05) is 20.3 Å². The van der Waals surface area contributed by atoms with Crippen LogP contribution in [0.5, 0.6) is 0 Å². The zero-order valence-corrected chi connectivity index (χ0v) is 11.4. The van der Waals surface area contributed by atoms with Gasteiger partial charge in [-0.05, 0) is 0 Å². The molecule has 0 aliphatic carbocycles. The molecule has 4 N–H and O–H groups in total. The molecular weight excluding hydrogens is 284 g/mol. The number of nitrogens with zero attached hydrogens (tertiary/aromatic N) is 1. The van der Waals surface area contributed by atoms with E-state index in [4.69, 9.17) is 14.6 Å². The van der Waals surface area contributed by atoms with Gasteiger partial charge in [0.25, 0.3) is 5.56 Å². The Balaban J connectivity index is 2.35. The summed E-state index contributed by atoms with van der Waals surface area (Å²) in [6.07, 6.45) is -3.50. The summed E-state index contributed by atoms with van der Waals surface area (Å²) in [4.78, 5) is 25.6. The Morgan fingerprint density at radius 2 is 2.10 bits per heavy atom. The molecule has 0 radical (unpaired) electrons. The first kappa shape index (κ1) is 15.9. The van der Waals surface area contributed by atoms with E-state index in [0.717, 1.165) is 0 Å². The highest BCUT2D eigenvalue weighted by molar-refractivity contribution is 5.14. The minimum absolute atomic E-state index is 0.00760. The summed E-state index contributed by atoms with van der Waals surface area (Å²) < 4.78 is 11.4. The first-order valence-corrected chi connectivity index (χ1v) is 6.44. The van der Waals surface area contributed by atoms with Crippen molar-refractivity contribution in [1.29, 1.82) is 0 Å². The number of aromatic amines is 1. The Bertz CT molecular complexity index is 596. The monoisotopic (exact) mass is 302 g/mol. The SMILES string of the molecule is COCCn1cc([C@@H]2O[C@H](CO)C(O)C2O)c(=O)[nH]c1=O. The molecular formula is C12H18N2O7. The number of ether oxygens (including phenoxy) is 2. The van der Waals surface area contributed by atoms with Crippen molar-refractivity contribution in [3.63, 3.8) is 0 Å². The van der Waals surface area contributed by atoms with E-state index in [1.54, 1.807) is 0 Å². The number of aromatic nitrogens is 2. The fraction of sp³-hybridized carbons (Fsp3) is 0.667. The van der Waals surface area contributed by atoms with E-state index in [2.05, 4.69) is 4.98 Å². The van der Waals surface area contributed by atoms with E-state index in [9.17, 15) is 19.8 Å². The van der Waals surface area contributed by atoms with Crippen molar-refractivity contribution in [1.82, 2.24) is 9.55 Å². The lowest BCUT2D eigenvalue weighted by Crippen LogP contribution is -2.36. The first-order chi connectivity index (χ1) is 9.99. The van der Waals surface area contributed by atoms with Crippen LogP contribution in [0.25, 0.3) is 0 Å². The van der Waals surface area contributed by atoms with E-state index in [1.807, 2.05) is 0 Å². The van der Waals surface area contributed by atoms with Gasteiger partial charge in [0.15, 0.2) is 0 Å². The van der Waals surface area contributed by atoms with E-state index < -0.39 is 42.3 Å². The number of H-pyrrole nitrogens is 1. The van der Waals surface area contributed by atoms with Gasteiger partial charge in [0.2, 0.25) is 0 Å². The van der Waals surface area contributed by atoms with Gasteiger partial charge in [-0.15, -0.1) is 0 Å². The topological polar surface area (TPSA) is 134 Å². The molecule has 21 heavy (non-hydrogen) atoms. The Morgan fingerprint density at radius 3 is 2.67 bits per heavy atom. The number of aliphatic hydroxyl groups excluding tert-OH is 3. The van der Waals surface area contributed by atoms with Crippen LogP contribution in [0.2, 0.25) is 0 Å². The molecule has 0 spiro atoms. The largest absolute Gasteiger partial charge is 0.394 e. The van der Waals surface area contributed by atoms with Crippen LogP contribution in [0, 0.1) is 0 Å². The first-order valence-electron chi connectivity index (χ1n) is 6.44. The summed E-state index contributed by atoms with van der Waals surface area (Å²) in [6.45, 7) is -0.00872. The maximum absolute atomic E-state index is 11.9. The molecule has 0 amide bonds. The molecule has 2 rings (SSSR count). The lowest BCUT2D eigenvalue weighted by Gasteiger charge is -2.15. The summed E-state index contributed by atoms with van der Waals surface area (Å²) in [6, 6.07) is 0. The summed E-state index contributed by atoms with van der Waals surface area (Å²) in [5, 5.41) is 28.7. The fourth-order valence-electron chi connectivity index (χ4n) is 2.24. The smallest absolute Gasteiger partial charge is 0.328 e. The minimum atomic E-state index is -1.36. The predicted octanol–water partition coefficient (Wildman–Crippen LogP) is -2.66. The Labute approximate surface area is 119 Å². The van der Waals surface area contributed by atoms with Crippen molar-refractivity contribution in [2.24, 2.45) is 0 Å². The lowest BCUT2D eigenvalue weighted by molar-refractivity contribution is -0.0233. The second-order valence-corrected chi connectivity index (χ2v) is 4.79. The van der Waals surface area contributed by atoms with Crippen LogP contribution in [-0.4, -0.2) is 63.5 Å². The molecule has 4 atom stereocenters. The number of nitrogens with one attached hydrogen (secondary N) is 1. The molecule has 9 heteroatoms. The van der Waals surface area contributed by atoms with Crippen LogP contribution < -0.4 is 11.2 Å². The number of methoxy groups -OCH3 is 1. The van der Waals surface area contributed by atoms with Crippen molar-refractivity contribution in [2.45, 2.75) is 31.0 Å². The highest BCUT2D eigenvalue weighted by Crippen LogP contribution is 2.31. The van der Waals surface area contributed by atoms with Crippen molar-refractivity contribution in [3.8, 4) is 0 Å². The molecule has 0 aromatic carbocycles. The predicted molar refractivity (Wildman–Crippen MR) is 69.9 cm³/mol. The van der Waals surface area contributed by atoms with E-state index in [1.165, 1.54) is 17.9 Å². The molecule has 1 aliphatic rings. The average Bonchev–Trinajstić information content (AvgIpc) is 2.74. The summed E-state index contributed by atoms with van der Waals surface area (Å²) in [5.74, 6) is 0. The molecule has 118 valence electrons. The normalized spacial score (nSPS) is 29.0. The fourth-order valence-corrected chi connectivity index (χ4v) is 2.24. The second kappa shape index (κ2) is 6.50. The Hall–Kier alpha value is -1.52. The minimum Gasteiger partial charge on any atom is -0.394 e. The molecule has 1 aromatic heterocycles. The number of aliphatic hydroxyl groups is 3. The third-order valence-corrected chi connectivity index (χ3v) is 3.42. The van der Waals surface area contributed by atoms with Gasteiger partial charge in [0.1, 0.15) is 24.4 Å². The zero-order valence-electron chi connectivity index (χ0n) is 11.4. The lowest BCUT2D eigenvalue weighted by atomic mass is 10.0. The van der Waals surface area contributed by atoms with Gasteiger partial charge in [-0.3, -0.25) is 14.3 Å². The number of hydrogen-bond acceptors (Lipinski definition) is 7. The van der Waals surface area contributed by atoms with E-state index >= 15 is 0 Å². The van der Waals surface area contributed by atoms with Crippen LogP contribution in [0.3, 0.4) is 0 Å². The number of rotatable bonds is 5. The summed E-state index contributed by atoms with van der Waals surface area (Å²) in [7, 11) is 1.48. The third-order valence-electron chi connectivity index (χ3n) is 3.42. The van der Waals surface area contributed by atoms with Crippen molar-refractivity contribution >= 4 is 0 Å². The highest BCUT2D eigenvalue weighted by Gasteiger charge is 2.44. The van der Waals surface area contributed by atoms with Crippen LogP contribution in [0.1, 0.15) is 11.7 Å². The van der Waals surface area contributed by atoms with Gasteiger partial charge in [-0.1, -0.05) is 0 Å². The summed E-state index contributed by atoms with van der Waals surface area (Å²) >= 11 is 0. The Morgan fingerprint density at radius 1 is 1.38 bits per heavy atom. The zero-order chi connectivity index (χ0) is 15.6. The van der Waals surface area contributed by atoms with Gasteiger partial charge >= 0.3 is 5.69 Å². The standard InChI is InChI=1S/C12H18N2O7/c1-20-3-2-14-4-6(11(18)13-12(14)19)10-9(17)8(16)7(5-15)21-10/h4,7-10,15-17H,2-3,5H2,1H3,(H,13,18,19)/t7-,8?,9?,10+/m1/s1. The van der Waals surface area contributed by atoms with Crippen LogP contribution in [-0.2, 0) is 16.0 Å². The second-order valence-electron chi connectivity index (χ2n) is 4.79. The van der Waals surface area contributed by atoms with Crippen LogP contribution >= 0.6 is 0 Å². The number of hydrogen-bond donors (Lipinski definition) is 4. The van der Waals surface area contributed by atoms with Crippen LogP contribution in [0.15, 0.2) is 15.8 Å². The molecule has 1 aromatic rings. The van der Waals surface area contributed by atoms with Gasteiger partial charge in [0, 0.05) is 13.3 Å². The molecule has 2 unspecified atom stereocenters. The van der Waals surface area contributed by atoms with Crippen molar-refractivity contribution in [3.05, 3.63) is 32.6 Å². The molecule has 1 fully saturated rings. The van der Waals surface area contributed by atoms with E-state index in [-0.39, 0.29) is 18.7 Å². The van der Waals surface area contributed by atoms with Gasteiger partial charge in [-0.2, -0.15) is 0 Å². The van der Waals surface area contributed by atoms with Crippen LogP contribution in [0.4, 0.5) is 0 Å². The molecule has 9 nitrogen and oxygen atoms in total. The Kier molecular flexibility index (Phi) is 4.91.